The fraction of sp³-hybridized carbons (Fsp3) is 0.267. The van der Waals surface area contributed by atoms with Crippen LogP contribution >= 0.6 is 23.2 Å². The van der Waals surface area contributed by atoms with E-state index < -0.39 is 0 Å². The monoisotopic (exact) mass is 321 g/mol. The lowest BCUT2D eigenvalue weighted by molar-refractivity contribution is 0.517. The van der Waals surface area contributed by atoms with Gasteiger partial charge in [-0.2, -0.15) is 0 Å². The van der Waals surface area contributed by atoms with Gasteiger partial charge in [0.1, 0.15) is 17.3 Å². The van der Waals surface area contributed by atoms with Crippen LogP contribution in [-0.4, -0.2) is 9.38 Å². The summed E-state index contributed by atoms with van der Waals surface area (Å²) in [5.74, 6) is 3.35. The maximum atomic E-state index is 6.17. The lowest BCUT2D eigenvalue weighted by atomic mass is 10.2. The van der Waals surface area contributed by atoms with E-state index in [4.69, 9.17) is 33.4 Å². The zero-order valence-electron chi connectivity index (χ0n) is 11.3. The third-order valence-corrected chi connectivity index (χ3v) is 4.50. The molecule has 0 bridgehead atoms. The van der Waals surface area contributed by atoms with Crippen molar-refractivity contribution in [2.75, 3.05) is 5.73 Å². The third kappa shape index (κ3) is 2.01. The fourth-order valence-corrected chi connectivity index (χ4v) is 3.18. The fourth-order valence-electron chi connectivity index (χ4n) is 2.67. The van der Waals surface area contributed by atoms with E-state index in [1.165, 1.54) is 6.42 Å². The Morgan fingerprint density at radius 2 is 2.14 bits per heavy atom. The van der Waals surface area contributed by atoms with Crippen LogP contribution in [0.25, 0.3) is 17.1 Å². The normalized spacial score (nSPS) is 21.1. The molecule has 2 unspecified atom stereocenters. The Morgan fingerprint density at radius 3 is 2.86 bits per heavy atom. The highest BCUT2D eigenvalue weighted by molar-refractivity contribution is 6.36. The highest BCUT2D eigenvalue weighted by Gasteiger charge is 2.36. The predicted molar refractivity (Wildman–Crippen MR) is 83.8 cm³/mol. The van der Waals surface area contributed by atoms with Crippen molar-refractivity contribution in [2.24, 2.45) is 5.92 Å². The Labute approximate surface area is 131 Å². The molecule has 0 saturated heterocycles. The number of pyridine rings is 1. The molecule has 21 heavy (non-hydrogen) atoms. The molecule has 4 rings (SSSR count). The third-order valence-electron chi connectivity index (χ3n) is 4.01. The zero-order valence-corrected chi connectivity index (χ0v) is 12.8. The molecule has 0 radical (unpaired) electrons. The molecule has 1 aliphatic rings. The lowest BCUT2D eigenvalue weighted by Gasteiger charge is -1.99. The lowest BCUT2D eigenvalue weighted by Crippen LogP contribution is -1.94. The second-order valence-corrected chi connectivity index (χ2v) is 6.41. The zero-order chi connectivity index (χ0) is 14.7. The number of anilines is 1. The molecule has 0 aliphatic heterocycles. The Hall–Kier alpha value is -1.65. The van der Waals surface area contributed by atoms with Crippen LogP contribution in [0.3, 0.4) is 0 Å². The molecular weight excluding hydrogens is 309 g/mol. The van der Waals surface area contributed by atoms with Crippen molar-refractivity contribution in [3.05, 3.63) is 40.2 Å². The molecule has 1 fully saturated rings. The molecule has 2 atom stereocenters. The van der Waals surface area contributed by atoms with Gasteiger partial charge in [0.15, 0.2) is 11.4 Å². The minimum Gasteiger partial charge on any atom is -0.459 e. The molecule has 0 aromatic carbocycles. The summed E-state index contributed by atoms with van der Waals surface area (Å²) in [6.07, 6.45) is 2.87. The van der Waals surface area contributed by atoms with Crippen molar-refractivity contribution < 1.29 is 4.42 Å². The van der Waals surface area contributed by atoms with E-state index in [9.17, 15) is 0 Å². The van der Waals surface area contributed by atoms with E-state index in [-0.39, 0.29) is 0 Å². The van der Waals surface area contributed by atoms with E-state index >= 15 is 0 Å². The largest absolute Gasteiger partial charge is 0.459 e. The van der Waals surface area contributed by atoms with E-state index in [1.807, 2.05) is 12.1 Å². The van der Waals surface area contributed by atoms with E-state index in [1.54, 1.807) is 16.7 Å². The summed E-state index contributed by atoms with van der Waals surface area (Å²) in [6, 6.07) is 5.56. The van der Waals surface area contributed by atoms with Crippen molar-refractivity contribution in [3.8, 4) is 11.5 Å². The standard InChI is InChI=1S/C15H13Cl2N3O/c1-7-4-9(7)11-2-3-12(21-11)13-14(18)20-6-8(16)5-10(17)15(20)19-13/h2-3,5-7,9H,4,18H2,1H3. The Morgan fingerprint density at radius 1 is 1.38 bits per heavy atom. The van der Waals surface area contributed by atoms with Crippen LogP contribution in [0.2, 0.25) is 10.0 Å². The number of rotatable bonds is 2. The summed E-state index contributed by atoms with van der Waals surface area (Å²) in [5, 5.41) is 0.970. The van der Waals surface area contributed by atoms with E-state index in [0.29, 0.717) is 44.8 Å². The molecule has 0 spiro atoms. The Kier molecular flexibility index (Phi) is 2.75. The molecule has 1 saturated carbocycles. The number of nitrogens with two attached hydrogens (primary N) is 1. The second kappa shape index (κ2) is 4.42. The first-order chi connectivity index (χ1) is 10.0. The van der Waals surface area contributed by atoms with Gasteiger partial charge >= 0.3 is 0 Å². The number of fused-ring (bicyclic) bond motifs is 1. The van der Waals surface area contributed by atoms with Gasteiger partial charge in [-0.05, 0) is 30.5 Å². The van der Waals surface area contributed by atoms with Crippen LogP contribution in [0.15, 0.2) is 28.8 Å². The van der Waals surface area contributed by atoms with Gasteiger partial charge in [-0.1, -0.05) is 30.1 Å². The van der Waals surface area contributed by atoms with Crippen LogP contribution < -0.4 is 5.73 Å². The number of halogens is 2. The van der Waals surface area contributed by atoms with Gasteiger partial charge < -0.3 is 10.2 Å². The van der Waals surface area contributed by atoms with Crippen molar-refractivity contribution in [1.82, 2.24) is 9.38 Å². The Balaban J connectivity index is 1.85. The maximum absolute atomic E-state index is 6.17. The van der Waals surface area contributed by atoms with Gasteiger partial charge in [0, 0.05) is 12.1 Å². The topological polar surface area (TPSA) is 56.5 Å². The summed E-state index contributed by atoms with van der Waals surface area (Å²) in [6.45, 7) is 2.22. The van der Waals surface area contributed by atoms with Crippen LogP contribution in [0, 0.1) is 5.92 Å². The van der Waals surface area contributed by atoms with Crippen molar-refractivity contribution in [3.63, 3.8) is 0 Å². The molecule has 1 aliphatic carbocycles. The van der Waals surface area contributed by atoms with E-state index in [0.717, 1.165) is 5.76 Å². The first-order valence-corrected chi connectivity index (χ1v) is 7.53. The number of nitrogens with zero attached hydrogens (tertiary/aromatic N) is 2. The van der Waals surface area contributed by atoms with E-state index in [2.05, 4.69) is 11.9 Å². The highest BCUT2D eigenvalue weighted by Crippen LogP contribution is 2.48. The molecule has 2 N–H and O–H groups in total. The highest BCUT2D eigenvalue weighted by atomic mass is 35.5. The van der Waals surface area contributed by atoms with Crippen molar-refractivity contribution in [1.29, 1.82) is 0 Å². The van der Waals surface area contributed by atoms with Gasteiger partial charge in [0.2, 0.25) is 0 Å². The number of hydrogen-bond acceptors (Lipinski definition) is 3. The summed E-state index contributed by atoms with van der Waals surface area (Å²) in [7, 11) is 0. The van der Waals surface area contributed by atoms with Crippen LogP contribution in [0.4, 0.5) is 5.82 Å². The summed E-state index contributed by atoms with van der Waals surface area (Å²) < 4.78 is 7.60. The second-order valence-electron chi connectivity index (χ2n) is 5.57. The molecule has 3 heterocycles. The molecule has 3 aromatic rings. The number of nitrogen functional groups attached to an aromatic ring is 1. The average Bonchev–Trinajstić information content (AvgIpc) is 2.86. The summed E-state index contributed by atoms with van der Waals surface area (Å²) in [4.78, 5) is 4.49. The van der Waals surface area contributed by atoms with Crippen molar-refractivity contribution in [2.45, 2.75) is 19.3 Å². The van der Waals surface area contributed by atoms with Gasteiger partial charge in [-0.3, -0.25) is 4.40 Å². The minimum atomic E-state index is 0.461. The molecular formula is C15H13Cl2N3O. The number of hydrogen-bond donors (Lipinski definition) is 1. The van der Waals surface area contributed by atoms with Crippen LogP contribution in [0.1, 0.15) is 25.0 Å². The quantitative estimate of drug-likeness (QED) is 0.750. The first kappa shape index (κ1) is 13.0. The Bertz CT molecular complexity index is 852. The molecule has 3 aromatic heterocycles. The van der Waals surface area contributed by atoms with Crippen molar-refractivity contribution >= 4 is 34.7 Å². The molecule has 6 heteroatoms. The average molecular weight is 322 g/mol. The summed E-state index contributed by atoms with van der Waals surface area (Å²) >= 11 is 12.2. The van der Waals surface area contributed by atoms with Gasteiger partial charge in [0.05, 0.1) is 10.0 Å². The number of aromatic nitrogens is 2. The van der Waals surface area contributed by atoms with Crippen LogP contribution in [-0.2, 0) is 0 Å². The predicted octanol–water partition coefficient (Wildman–Crippen LogP) is 4.61. The van der Waals surface area contributed by atoms with Gasteiger partial charge in [-0.25, -0.2) is 4.98 Å². The molecule has 0 amide bonds. The summed E-state index contributed by atoms with van der Waals surface area (Å²) in [5.41, 5.74) is 7.33. The van der Waals surface area contributed by atoms with Gasteiger partial charge in [0.25, 0.3) is 0 Å². The first-order valence-electron chi connectivity index (χ1n) is 6.77. The number of furan rings is 1. The smallest absolute Gasteiger partial charge is 0.158 e. The molecule has 108 valence electrons. The number of imidazole rings is 1. The van der Waals surface area contributed by atoms with Gasteiger partial charge in [-0.15, -0.1) is 0 Å². The van der Waals surface area contributed by atoms with Crippen LogP contribution in [0.5, 0.6) is 0 Å². The maximum Gasteiger partial charge on any atom is 0.158 e. The minimum absolute atomic E-state index is 0.461. The SMILES string of the molecule is CC1CC1c1ccc(-c2nc3c(Cl)cc(Cl)cn3c2N)o1. The molecule has 4 nitrogen and oxygen atoms in total.